The van der Waals surface area contributed by atoms with E-state index < -0.39 is 0 Å². The van der Waals surface area contributed by atoms with E-state index in [1.165, 1.54) is 35.0 Å². The maximum absolute atomic E-state index is 5.06. The molecule has 122 valence electrons. The van der Waals surface area contributed by atoms with Gasteiger partial charge in [-0.1, -0.05) is 13.8 Å². The summed E-state index contributed by atoms with van der Waals surface area (Å²) < 4.78 is 2.68. The van der Waals surface area contributed by atoms with Gasteiger partial charge in [-0.05, 0) is 59.6 Å². The Hall–Kier alpha value is -2.15. The first kappa shape index (κ1) is 14.2. The molecule has 0 unspecified atom stereocenters. The molecule has 24 heavy (non-hydrogen) atoms. The van der Waals surface area contributed by atoms with Crippen LogP contribution in [0.2, 0.25) is 0 Å². The largest absolute Gasteiger partial charge is 0.242 e. The summed E-state index contributed by atoms with van der Waals surface area (Å²) in [5.74, 6) is 0.612. The summed E-state index contributed by atoms with van der Waals surface area (Å²) in [6.45, 7) is 4.53. The molecule has 4 aromatic heterocycles. The van der Waals surface area contributed by atoms with E-state index in [-0.39, 0.29) is 0 Å². The van der Waals surface area contributed by atoms with Crippen LogP contribution < -0.4 is 0 Å². The lowest BCUT2D eigenvalue weighted by Crippen LogP contribution is -2.11. The monoisotopic (exact) mass is 338 g/mol. The maximum Gasteiger partial charge on any atom is 0.200 e. The quantitative estimate of drug-likeness (QED) is 0.560. The number of hydrogen-bond acceptors (Lipinski definition) is 6. The second-order valence-corrected chi connectivity index (χ2v) is 7.97. The molecule has 5 rings (SSSR count). The van der Waals surface area contributed by atoms with Crippen molar-refractivity contribution in [1.82, 2.24) is 30.0 Å². The molecule has 4 heterocycles. The molecule has 0 atom stereocenters. The van der Waals surface area contributed by atoms with Gasteiger partial charge in [0.2, 0.25) is 0 Å². The topological polar surface area (TPSA) is 68.9 Å². The number of fused-ring (bicyclic) bond motifs is 7. The first-order valence-electron chi connectivity index (χ1n) is 8.52. The van der Waals surface area contributed by atoms with Crippen molar-refractivity contribution in [3.63, 3.8) is 0 Å². The number of nitrogens with zero attached hydrogens (tertiary/aromatic N) is 6. The molecule has 1 aliphatic rings. The zero-order valence-electron chi connectivity index (χ0n) is 13.8. The highest BCUT2D eigenvalue weighted by Crippen LogP contribution is 2.39. The number of aryl methyl sites for hydroxylation is 1. The molecule has 0 saturated carbocycles. The molecule has 0 bridgehead atoms. The van der Waals surface area contributed by atoms with Crippen molar-refractivity contribution < 1.29 is 0 Å². The van der Waals surface area contributed by atoms with Crippen LogP contribution >= 0.6 is 11.3 Å². The van der Waals surface area contributed by atoms with Crippen LogP contribution in [-0.2, 0) is 19.3 Å². The molecular formula is C17H18N6S. The number of aromatic nitrogens is 6. The zero-order chi connectivity index (χ0) is 16.3. The van der Waals surface area contributed by atoms with E-state index >= 15 is 0 Å². The third-order valence-corrected chi connectivity index (χ3v) is 5.88. The molecule has 0 amide bonds. The predicted molar refractivity (Wildman–Crippen MR) is 94.4 cm³/mol. The smallest absolute Gasteiger partial charge is 0.200 e. The van der Waals surface area contributed by atoms with Crippen LogP contribution in [0.3, 0.4) is 0 Å². The molecule has 0 N–H and O–H groups in total. The molecule has 0 fully saturated rings. The second-order valence-electron chi connectivity index (χ2n) is 6.97. The van der Waals surface area contributed by atoms with Crippen molar-refractivity contribution in [2.75, 3.05) is 0 Å². The van der Waals surface area contributed by atoms with Crippen molar-refractivity contribution in [2.24, 2.45) is 5.92 Å². The minimum atomic E-state index is 0.612. The van der Waals surface area contributed by atoms with Crippen LogP contribution in [0.25, 0.3) is 26.1 Å². The Bertz CT molecular complexity index is 1080. The van der Waals surface area contributed by atoms with Gasteiger partial charge in [-0.2, -0.15) is 4.52 Å². The van der Waals surface area contributed by atoms with Gasteiger partial charge in [-0.3, -0.25) is 0 Å². The lowest BCUT2D eigenvalue weighted by molar-refractivity contribution is 0.615. The van der Waals surface area contributed by atoms with Crippen LogP contribution in [0.5, 0.6) is 0 Å². The third-order valence-electron chi connectivity index (χ3n) is 4.81. The lowest BCUT2D eigenvalue weighted by atomic mass is 9.87. The van der Waals surface area contributed by atoms with Gasteiger partial charge in [0.25, 0.3) is 0 Å². The average Bonchev–Trinajstić information content (AvgIpc) is 3.17. The van der Waals surface area contributed by atoms with Crippen molar-refractivity contribution >= 4 is 37.4 Å². The van der Waals surface area contributed by atoms with Crippen LogP contribution in [0.1, 0.15) is 43.5 Å². The highest BCUT2D eigenvalue weighted by Gasteiger charge is 2.23. The number of thiophene rings is 1. The molecule has 7 heteroatoms. The van der Waals surface area contributed by atoms with Crippen LogP contribution in [0.15, 0.2) is 6.33 Å². The summed E-state index contributed by atoms with van der Waals surface area (Å²) in [6.07, 6.45) is 7.54. The minimum absolute atomic E-state index is 0.612. The summed E-state index contributed by atoms with van der Waals surface area (Å²) in [4.78, 5) is 10.8. The Kier molecular flexibility index (Phi) is 3.06. The Balaban J connectivity index is 1.90. The fraction of sp³-hybridized carbons (Fsp3) is 0.471. The van der Waals surface area contributed by atoms with Crippen molar-refractivity contribution in [1.29, 1.82) is 0 Å². The molecule has 0 spiro atoms. The van der Waals surface area contributed by atoms with Gasteiger partial charge < -0.3 is 0 Å². The summed E-state index contributed by atoms with van der Waals surface area (Å²) >= 11 is 1.67. The molecule has 4 aromatic rings. The predicted octanol–water partition coefficient (Wildman–Crippen LogP) is 3.36. The van der Waals surface area contributed by atoms with Crippen molar-refractivity contribution in [3.8, 4) is 0 Å². The van der Waals surface area contributed by atoms with Gasteiger partial charge in [-0.15, -0.1) is 16.4 Å². The van der Waals surface area contributed by atoms with Crippen LogP contribution in [-0.4, -0.2) is 30.0 Å². The van der Waals surface area contributed by atoms with Gasteiger partial charge in [-0.25, -0.2) is 9.97 Å². The second kappa shape index (κ2) is 5.17. The highest BCUT2D eigenvalue weighted by molar-refractivity contribution is 7.26. The molecule has 0 radical (unpaired) electrons. The number of tetrazole rings is 1. The van der Waals surface area contributed by atoms with Gasteiger partial charge >= 0.3 is 0 Å². The molecular weight excluding hydrogens is 320 g/mol. The van der Waals surface area contributed by atoms with E-state index in [1.807, 2.05) is 0 Å². The minimum Gasteiger partial charge on any atom is -0.242 e. The van der Waals surface area contributed by atoms with E-state index in [0.717, 1.165) is 40.0 Å². The van der Waals surface area contributed by atoms with E-state index in [1.54, 1.807) is 22.2 Å². The normalized spacial score (nSPS) is 15.0. The Morgan fingerprint density at radius 2 is 2.04 bits per heavy atom. The van der Waals surface area contributed by atoms with Gasteiger partial charge in [0.05, 0.1) is 5.52 Å². The SMILES string of the molecule is CC(C)Cc1nc2sc3c(ncn4nnnc34)c2c2c1CCCC2. The first-order chi connectivity index (χ1) is 11.7. The van der Waals surface area contributed by atoms with Gasteiger partial charge in [0.15, 0.2) is 5.65 Å². The molecule has 0 aliphatic heterocycles. The Morgan fingerprint density at radius 3 is 2.88 bits per heavy atom. The van der Waals surface area contributed by atoms with Crippen molar-refractivity contribution in [2.45, 2.75) is 46.0 Å². The van der Waals surface area contributed by atoms with E-state index in [0.29, 0.717) is 5.92 Å². The maximum atomic E-state index is 5.06. The number of pyridine rings is 1. The van der Waals surface area contributed by atoms with Gasteiger partial charge in [0, 0.05) is 11.1 Å². The fourth-order valence-corrected chi connectivity index (χ4v) is 4.96. The zero-order valence-corrected chi connectivity index (χ0v) is 14.6. The molecule has 0 aromatic carbocycles. The van der Waals surface area contributed by atoms with E-state index in [2.05, 4.69) is 34.4 Å². The Labute approximate surface area is 142 Å². The van der Waals surface area contributed by atoms with Crippen LogP contribution in [0, 0.1) is 5.92 Å². The van der Waals surface area contributed by atoms with Crippen molar-refractivity contribution in [3.05, 3.63) is 23.1 Å². The molecule has 1 aliphatic carbocycles. The average molecular weight is 338 g/mol. The highest BCUT2D eigenvalue weighted by atomic mass is 32.1. The summed E-state index contributed by atoms with van der Waals surface area (Å²) in [5.41, 5.74) is 6.02. The van der Waals surface area contributed by atoms with E-state index in [4.69, 9.17) is 4.98 Å². The third kappa shape index (κ3) is 1.97. The Morgan fingerprint density at radius 1 is 1.21 bits per heavy atom. The van der Waals surface area contributed by atoms with E-state index in [9.17, 15) is 0 Å². The number of rotatable bonds is 2. The first-order valence-corrected chi connectivity index (χ1v) is 9.33. The lowest BCUT2D eigenvalue weighted by Gasteiger charge is -2.20. The molecule has 6 nitrogen and oxygen atoms in total. The fourth-order valence-electron chi connectivity index (χ4n) is 3.81. The summed E-state index contributed by atoms with van der Waals surface area (Å²) in [7, 11) is 0. The standard InChI is InChI=1S/C17H18N6S/c1-9(2)7-12-10-5-3-4-6-11(10)13-14-15(24-17(13)19-12)16-20-21-22-23(16)8-18-14/h8-9H,3-7H2,1-2H3. The van der Waals surface area contributed by atoms with Crippen LogP contribution in [0.4, 0.5) is 0 Å². The summed E-state index contributed by atoms with van der Waals surface area (Å²) in [6, 6.07) is 0. The summed E-state index contributed by atoms with van der Waals surface area (Å²) in [5, 5.41) is 13.1. The van der Waals surface area contributed by atoms with Gasteiger partial charge in [0.1, 0.15) is 15.9 Å². The number of hydrogen-bond donors (Lipinski definition) is 0. The molecule has 0 saturated heterocycles.